The lowest BCUT2D eigenvalue weighted by Gasteiger charge is -2.17. The van der Waals surface area contributed by atoms with E-state index in [0.717, 1.165) is 6.42 Å². The molecule has 3 nitrogen and oxygen atoms in total. The molecular weight excluding hydrogens is 202 g/mol. The van der Waals surface area contributed by atoms with E-state index in [1.165, 1.54) is 18.1 Å². The van der Waals surface area contributed by atoms with Crippen molar-refractivity contribution in [3.05, 3.63) is 35.4 Å². The number of benzene rings is 1. The minimum Gasteiger partial charge on any atom is -0.383 e. The minimum atomic E-state index is -0.0193. The van der Waals surface area contributed by atoms with Crippen LogP contribution < -0.4 is 5.32 Å². The number of aryl methyl sites for hydroxylation is 1. The fraction of sp³-hybridized carbons (Fsp3) is 0.462. The Morgan fingerprint density at radius 1 is 1.38 bits per heavy atom. The SMILES string of the molecule is COCC(Cc1ccc(C)cc1)NC(C)=O. The van der Waals surface area contributed by atoms with Crippen molar-refractivity contribution in [2.24, 2.45) is 0 Å². The molecule has 0 heterocycles. The molecule has 0 aliphatic rings. The van der Waals surface area contributed by atoms with Crippen molar-refractivity contribution in [3.63, 3.8) is 0 Å². The van der Waals surface area contributed by atoms with Crippen LogP contribution in [0, 0.1) is 6.92 Å². The highest BCUT2D eigenvalue weighted by molar-refractivity contribution is 5.73. The Morgan fingerprint density at radius 3 is 2.50 bits per heavy atom. The molecule has 1 amide bonds. The van der Waals surface area contributed by atoms with E-state index in [9.17, 15) is 4.79 Å². The van der Waals surface area contributed by atoms with E-state index < -0.39 is 0 Å². The van der Waals surface area contributed by atoms with Crippen LogP contribution in [0.4, 0.5) is 0 Å². The normalized spacial score (nSPS) is 12.2. The first-order valence-electron chi connectivity index (χ1n) is 5.43. The van der Waals surface area contributed by atoms with E-state index in [-0.39, 0.29) is 11.9 Å². The van der Waals surface area contributed by atoms with Crippen LogP contribution in [0.25, 0.3) is 0 Å². The van der Waals surface area contributed by atoms with Crippen LogP contribution in [0.1, 0.15) is 18.1 Å². The van der Waals surface area contributed by atoms with Crippen molar-refractivity contribution >= 4 is 5.91 Å². The zero-order valence-corrected chi connectivity index (χ0v) is 10.1. The van der Waals surface area contributed by atoms with Crippen molar-refractivity contribution in [1.29, 1.82) is 0 Å². The number of nitrogens with one attached hydrogen (secondary N) is 1. The lowest BCUT2D eigenvalue weighted by molar-refractivity contribution is -0.120. The standard InChI is InChI=1S/C13H19NO2/c1-10-4-6-12(7-5-10)8-13(9-16-3)14-11(2)15/h4-7,13H,8-9H2,1-3H3,(H,14,15). The summed E-state index contributed by atoms with van der Waals surface area (Å²) in [6.07, 6.45) is 0.799. The summed E-state index contributed by atoms with van der Waals surface area (Å²) in [7, 11) is 1.64. The summed E-state index contributed by atoms with van der Waals surface area (Å²) >= 11 is 0. The molecule has 1 aromatic carbocycles. The first-order chi connectivity index (χ1) is 7.61. The van der Waals surface area contributed by atoms with Gasteiger partial charge in [0.05, 0.1) is 12.6 Å². The van der Waals surface area contributed by atoms with Crippen molar-refractivity contribution in [3.8, 4) is 0 Å². The van der Waals surface area contributed by atoms with Gasteiger partial charge in [-0.05, 0) is 18.9 Å². The van der Waals surface area contributed by atoms with Gasteiger partial charge < -0.3 is 10.1 Å². The zero-order chi connectivity index (χ0) is 12.0. The molecule has 3 heteroatoms. The van der Waals surface area contributed by atoms with Crippen LogP contribution in [0.5, 0.6) is 0 Å². The lowest BCUT2D eigenvalue weighted by Crippen LogP contribution is -2.38. The maximum absolute atomic E-state index is 11.0. The fourth-order valence-electron chi connectivity index (χ4n) is 1.65. The van der Waals surface area contributed by atoms with E-state index >= 15 is 0 Å². The highest BCUT2D eigenvalue weighted by atomic mass is 16.5. The molecule has 0 aromatic heterocycles. The molecule has 1 atom stereocenters. The molecule has 0 aliphatic carbocycles. The molecule has 0 saturated heterocycles. The number of hydrogen-bond donors (Lipinski definition) is 1. The van der Waals surface area contributed by atoms with E-state index in [1.54, 1.807) is 7.11 Å². The van der Waals surface area contributed by atoms with Crippen molar-refractivity contribution in [1.82, 2.24) is 5.32 Å². The summed E-state index contributed by atoms with van der Waals surface area (Å²) < 4.78 is 5.09. The topological polar surface area (TPSA) is 38.3 Å². The summed E-state index contributed by atoms with van der Waals surface area (Å²) in [5.74, 6) is -0.0193. The number of rotatable bonds is 5. The van der Waals surface area contributed by atoms with Crippen LogP contribution >= 0.6 is 0 Å². The van der Waals surface area contributed by atoms with Crippen LogP contribution in [-0.2, 0) is 16.0 Å². The van der Waals surface area contributed by atoms with Crippen molar-refractivity contribution < 1.29 is 9.53 Å². The molecule has 1 aromatic rings. The first-order valence-corrected chi connectivity index (χ1v) is 5.43. The van der Waals surface area contributed by atoms with Gasteiger partial charge in [-0.3, -0.25) is 4.79 Å². The Kier molecular flexibility index (Phi) is 4.99. The Labute approximate surface area is 96.8 Å². The van der Waals surface area contributed by atoms with Gasteiger partial charge in [0.1, 0.15) is 0 Å². The van der Waals surface area contributed by atoms with Gasteiger partial charge in [0.25, 0.3) is 0 Å². The van der Waals surface area contributed by atoms with Crippen molar-refractivity contribution in [2.45, 2.75) is 26.3 Å². The van der Waals surface area contributed by atoms with Gasteiger partial charge in [0.2, 0.25) is 5.91 Å². The second-order valence-corrected chi connectivity index (χ2v) is 4.04. The largest absolute Gasteiger partial charge is 0.383 e. The van der Waals surface area contributed by atoms with Crippen LogP contribution in [0.3, 0.4) is 0 Å². The average molecular weight is 221 g/mol. The Morgan fingerprint density at radius 2 is 2.00 bits per heavy atom. The van der Waals surface area contributed by atoms with E-state index in [2.05, 4.69) is 36.5 Å². The molecule has 1 rings (SSSR count). The van der Waals surface area contributed by atoms with Crippen LogP contribution in [0.2, 0.25) is 0 Å². The summed E-state index contributed by atoms with van der Waals surface area (Å²) in [5, 5.41) is 2.88. The molecule has 0 saturated carbocycles. The summed E-state index contributed by atoms with van der Waals surface area (Å²) in [6, 6.07) is 8.37. The maximum Gasteiger partial charge on any atom is 0.217 e. The Hall–Kier alpha value is -1.35. The smallest absolute Gasteiger partial charge is 0.217 e. The highest BCUT2D eigenvalue weighted by Gasteiger charge is 2.10. The Balaban J connectivity index is 2.59. The molecule has 0 fully saturated rings. The number of carbonyl (C=O) groups is 1. The quantitative estimate of drug-likeness (QED) is 0.821. The third kappa shape index (κ3) is 4.45. The number of carbonyl (C=O) groups excluding carboxylic acids is 1. The molecule has 1 unspecified atom stereocenters. The van der Waals surface area contributed by atoms with Gasteiger partial charge in [0.15, 0.2) is 0 Å². The van der Waals surface area contributed by atoms with Crippen LogP contribution in [-0.4, -0.2) is 25.7 Å². The Bertz CT molecular complexity index is 332. The third-order valence-corrected chi connectivity index (χ3v) is 2.38. The van der Waals surface area contributed by atoms with Gasteiger partial charge in [-0.15, -0.1) is 0 Å². The number of ether oxygens (including phenoxy) is 1. The maximum atomic E-state index is 11.0. The molecule has 0 radical (unpaired) electrons. The van der Waals surface area contributed by atoms with Gasteiger partial charge in [0, 0.05) is 14.0 Å². The predicted octanol–water partition coefficient (Wildman–Crippen LogP) is 1.69. The zero-order valence-electron chi connectivity index (χ0n) is 10.1. The predicted molar refractivity (Wildman–Crippen MR) is 64.4 cm³/mol. The minimum absolute atomic E-state index is 0.0193. The van der Waals surface area contributed by atoms with Gasteiger partial charge in [-0.1, -0.05) is 29.8 Å². The number of hydrogen-bond acceptors (Lipinski definition) is 2. The monoisotopic (exact) mass is 221 g/mol. The summed E-state index contributed by atoms with van der Waals surface area (Å²) in [5.41, 5.74) is 2.45. The van der Waals surface area contributed by atoms with E-state index in [0.29, 0.717) is 6.61 Å². The average Bonchev–Trinajstić information content (AvgIpc) is 2.21. The van der Waals surface area contributed by atoms with Crippen LogP contribution in [0.15, 0.2) is 24.3 Å². The second-order valence-electron chi connectivity index (χ2n) is 4.04. The van der Waals surface area contributed by atoms with Gasteiger partial charge in [-0.2, -0.15) is 0 Å². The lowest BCUT2D eigenvalue weighted by atomic mass is 10.0. The van der Waals surface area contributed by atoms with Gasteiger partial charge >= 0.3 is 0 Å². The molecular formula is C13H19NO2. The second kappa shape index (κ2) is 6.28. The molecule has 88 valence electrons. The summed E-state index contributed by atoms with van der Waals surface area (Å²) in [6.45, 7) is 4.12. The highest BCUT2D eigenvalue weighted by Crippen LogP contribution is 2.06. The molecule has 16 heavy (non-hydrogen) atoms. The molecule has 0 bridgehead atoms. The van der Waals surface area contributed by atoms with E-state index in [1.807, 2.05) is 0 Å². The fourth-order valence-corrected chi connectivity index (χ4v) is 1.65. The summed E-state index contributed by atoms with van der Waals surface area (Å²) in [4.78, 5) is 11.0. The van der Waals surface area contributed by atoms with Gasteiger partial charge in [-0.25, -0.2) is 0 Å². The van der Waals surface area contributed by atoms with E-state index in [4.69, 9.17) is 4.74 Å². The van der Waals surface area contributed by atoms with Crippen molar-refractivity contribution in [2.75, 3.05) is 13.7 Å². The third-order valence-electron chi connectivity index (χ3n) is 2.38. The first kappa shape index (κ1) is 12.7. The molecule has 0 spiro atoms. The molecule has 0 aliphatic heterocycles. The number of amides is 1. The molecule has 1 N–H and O–H groups in total. The number of methoxy groups -OCH3 is 1.